The van der Waals surface area contributed by atoms with Crippen molar-refractivity contribution < 1.29 is 0 Å². The molecule has 0 fully saturated rings. The van der Waals surface area contributed by atoms with E-state index in [2.05, 4.69) is 115 Å². The molecule has 0 aliphatic rings. The third kappa shape index (κ3) is 3.38. The Bertz CT molecular complexity index is 2040. The molecule has 2 heteroatoms. The molecule has 0 aliphatic carbocycles. The third-order valence-electron chi connectivity index (χ3n) is 7.58. The number of hydrogen-bond acceptors (Lipinski definition) is 2. The number of nitrogen functional groups attached to an aromatic ring is 1. The van der Waals surface area contributed by atoms with E-state index in [4.69, 9.17) is 10.7 Å². The van der Waals surface area contributed by atoms with Crippen LogP contribution in [0, 0.1) is 0 Å². The van der Waals surface area contributed by atoms with Crippen molar-refractivity contribution in [1.29, 1.82) is 0 Å². The van der Waals surface area contributed by atoms with Crippen molar-refractivity contribution in [3.05, 3.63) is 127 Å². The maximum Gasteiger partial charge on any atom is 0.0787 e. The van der Waals surface area contributed by atoms with Crippen molar-refractivity contribution in [2.45, 2.75) is 6.92 Å². The highest BCUT2D eigenvalue weighted by Gasteiger charge is 2.18. The molecular weight excluding hydrogens is 460 g/mol. The van der Waals surface area contributed by atoms with Crippen LogP contribution in [0.5, 0.6) is 0 Å². The second-order valence-electron chi connectivity index (χ2n) is 9.72. The van der Waals surface area contributed by atoms with Gasteiger partial charge in [0.2, 0.25) is 0 Å². The highest BCUT2D eigenvalue weighted by Crippen LogP contribution is 2.44. The van der Waals surface area contributed by atoms with Crippen molar-refractivity contribution in [2.75, 3.05) is 5.73 Å². The van der Waals surface area contributed by atoms with Gasteiger partial charge in [-0.2, -0.15) is 0 Å². The molecule has 0 bridgehead atoms. The van der Waals surface area contributed by atoms with Crippen LogP contribution < -0.4 is 5.73 Å². The molecule has 0 atom stereocenters. The van der Waals surface area contributed by atoms with Crippen LogP contribution in [0.15, 0.2) is 121 Å². The minimum atomic E-state index is 0.776. The number of pyridine rings is 1. The number of hydrogen-bond donors (Lipinski definition) is 1. The van der Waals surface area contributed by atoms with Crippen LogP contribution >= 0.6 is 0 Å². The summed E-state index contributed by atoms with van der Waals surface area (Å²) in [5.41, 5.74) is 14.5. The summed E-state index contributed by atoms with van der Waals surface area (Å²) in [7, 11) is 0. The fourth-order valence-corrected chi connectivity index (χ4v) is 5.86. The monoisotopic (exact) mass is 486 g/mol. The molecule has 180 valence electrons. The van der Waals surface area contributed by atoms with E-state index in [1.54, 1.807) is 0 Å². The van der Waals surface area contributed by atoms with Gasteiger partial charge in [-0.3, -0.25) is 4.98 Å². The average molecular weight is 487 g/mol. The lowest BCUT2D eigenvalue weighted by Crippen LogP contribution is -1.98. The predicted molar refractivity (Wildman–Crippen MR) is 164 cm³/mol. The van der Waals surface area contributed by atoms with Crippen LogP contribution in [-0.4, -0.2) is 4.98 Å². The van der Waals surface area contributed by atoms with Crippen LogP contribution in [0.4, 0.5) is 5.69 Å². The molecule has 0 radical (unpaired) electrons. The van der Waals surface area contributed by atoms with Gasteiger partial charge in [0.1, 0.15) is 0 Å². The van der Waals surface area contributed by atoms with Gasteiger partial charge in [-0.25, -0.2) is 0 Å². The Kier molecular flexibility index (Phi) is 5.19. The summed E-state index contributed by atoms with van der Waals surface area (Å²) in [4.78, 5) is 4.92. The first-order valence-electron chi connectivity index (χ1n) is 13.0. The van der Waals surface area contributed by atoms with Crippen molar-refractivity contribution in [2.24, 2.45) is 0 Å². The Morgan fingerprint density at radius 2 is 1.13 bits per heavy atom. The zero-order valence-corrected chi connectivity index (χ0v) is 21.1. The number of benzene rings is 6. The molecule has 38 heavy (non-hydrogen) atoms. The van der Waals surface area contributed by atoms with Crippen molar-refractivity contribution in [1.82, 2.24) is 4.98 Å². The number of anilines is 1. The first kappa shape index (κ1) is 22.3. The molecule has 6 aromatic carbocycles. The lowest BCUT2D eigenvalue weighted by atomic mass is 9.87. The van der Waals surface area contributed by atoms with Gasteiger partial charge in [0.15, 0.2) is 0 Å². The highest BCUT2D eigenvalue weighted by atomic mass is 14.7. The maximum absolute atomic E-state index is 7.06. The Hall–Kier alpha value is -4.95. The van der Waals surface area contributed by atoms with E-state index in [1.807, 2.05) is 19.2 Å². The van der Waals surface area contributed by atoms with E-state index < -0.39 is 0 Å². The molecule has 0 aliphatic heterocycles. The maximum atomic E-state index is 7.06. The standard InChI is InChI=1S/C36H26N2/c1-2-10-29-31(27-17-7-13-23-11-3-5-15-25(23)27)22-34-33(35(29)37)21-32(30-19-9-20-38-36(30)34)28-18-8-14-24-12-4-6-16-26(24)28/h2-22H,37H2,1H3/b10-2-. The fraction of sp³-hybridized carbons (Fsp3) is 0.0278. The van der Waals surface area contributed by atoms with Crippen LogP contribution in [0.25, 0.3) is 71.6 Å². The molecule has 1 heterocycles. The first-order chi connectivity index (χ1) is 18.7. The Labute approximate surface area is 221 Å². The summed E-state index contributed by atoms with van der Waals surface area (Å²) in [6.45, 7) is 2.04. The van der Waals surface area contributed by atoms with Gasteiger partial charge in [-0.1, -0.05) is 103 Å². The largest absolute Gasteiger partial charge is 0.398 e. The molecule has 1 aromatic heterocycles. The van der Waals surface area contributed by atoms with Crippen LogP contribution in [0.2, 0.25) is 0 Å². The third-order valence-corrected chi connectivity index (χ3v) is 7.58. The van der Waals surface area contributed by atoms with E-state index in [-0.39, 0.29) is 0 Å². The van der Waals surface area contributed by atoms with Gasteiger partial charge in [-0.05, 0) is 68.9 Å². The molecular formula is C36H26N2. The van der Waals surface area contributed by atoms with Gasteiger partial charge in [-0.15, -0.1) is 0 Å². The Balaban J connectivity index is 1.62. The number of nitrogens with two attached hydrogens (primary N) is 1. The summed E-state index contributed by atoms with van der Waals surface area (Å²) >= 11 is 0. The highest BCUT2D eigenvalue weighted by molar-refractivity contribution is 6.19. The summed E-state index contributed by atoms with van der Waals surface area (Å²) in [6.07, 6.45) is 6.07. The second kappa shape index (κ2) is 8.86. The van der Waals surface area contributed by atoms with Gasteiger partial charge in [0, 0.05) is 33.6 Å². The van der Waals surface area contributed by atoms with Crippen LogP contribution in [0.1, 0.15) is 12.5 Å². The molecule has 0 spiro atoms. The van der Waals surface area contributed by atoms with Crippen LogP contribution in [0.3, 0.4) is 0 Å². The lowest BCUT2D eigenvalue weighted by Gasteiger charge is -2.18. The van der Waals surface area contributed by atoms with Crippen LogP contribution in [-0.2, 0) is 0 Å². The van der Waals surface area contributed by atoms with Gasteiger partial charge in [0.25, 0.3) is 0 Å². The molecule has 7 aromatic rings. The second-order valence-corrected chi connectivity index (χ2v) is 9.72. The molecule has 0 unspecified atom stereocenters. The first-order valence-corrected chi connectivity index (χ1v) is 13.0. The number of aromatic nitrogens is 1. The summed E-state index contributed by atoms with van der Waals surface area (Å²) in [6, 6.07) is 38.8. The average Bonchev–Trinajstić information content (AvgIpc) is 2.97. The van der Waals surface area contributed by atoms with Gasteiger partial charge < -0.3 is 5.73 Å². The minimum Gasteiger partial charge on any atom is -0.398 e. The smallest absolute Gasteiger partial charge is 0.0787 e. The van der Waals surface area contributed by atoms with E-state index in [0.717, 1.165) is 44.1 Å². The van der Waals surface area contributed by atoms with E-state index >= 15 is 0 Å². The lowest BCUT2D eigenvalue weighted by molar-refractivity contribution is 1.43. The number of nitrogens with zero attached hydrogens (tertiary/aromatic N) is 1. The number of allylic oxidation sites excluding steroid dienone is 1. The number of rotatable bonds is 3. The normalized spacial score (nSPS) is 11.8. The van der Waals surface area contributed by atoms with Crippen molar-refractivity contribution >= 4 is 55.0 Å². The Morgan fingerprint density at radius 1 is 0.553 bits per heavy atom. The molecule has 2 N–H and O–H groups in total. The molecule has 0 saturated carbocycles. The van der Waals surface area contributed by atoms with Gasteiger partial charge in [0.05, 0.1) is 5.52 Å². The zero-order valence-electron chi connectivity index (χ0n) is 21.1. The Morgan fingerprint density at radius 3 is 1.82 bits per heavy atom. The van der Waals surface area contributed by atoms with E-state index in [0.29, 0.717) is 0 Å². The fourth-order valence-electron chi connectivity index (χ4n) is 5.86. The summed E-state index contributed by atoms with van der Waals surface area (Å²) in [5.74, 6) is 0. The molecule has 0 amide bonds. The molecule has 2 nitrogen and oxygen atoms in total. The summed E-state index contributed by atoms with van der Waals surface area (Å²) < 4.78 is 0. The van der Waals surface area contributed by atoms with Crippen molar-refractivity contribution in [3.8, 4) is 22.3 Å². The SMILES string of the molecule is C/C=C\c1c(-c2cccc3ccccc23)cc2c(cc(-c3cccc4ccccc34)c3cccnc32)c1N. The predicted octanol–water partition coefficient (Wildman–Crippen LogP) is 9.64. The number of fused-ring (bicyclic) bond motifs is 5. The van der Waals surface area contributed by atoms with Gasteiger partial charge >= 0.3 is 0 Å². The zero-order chi connectivity index (χ0) is 25.6. The molecule has 7 rings (SSSR count). The van der Waals surface area contributed by atoms with E-state index in [1.165, 1.54) is 32.7 Å². The topological polar surface area (TPSA) is 38.9 Å². The minimum absolute atomic E-state index is 0.776. The summed E-state index contributed by atoms with van der Waals surface area (Å²) in [5, 5.41) is 8.08. The van der Waals surface area contributed by atoms with Crippen molar-refractivity contribution in [3.63, 3.8) is 0 Å². The molecule has 0 saturated heterocycles. The quantitative estimate of drug-likeness (QED) is 0.199. The van der Waals surface area contributed by atoms with E-state index in [9.17, 15) is 0 Å².